The van der Waals surface area contributed by atoms with Crippen molar-refractivity contribution < 1.29 is 17.9 Å². The van der Waals surface area contributed by atoms with Crippen LogP contribution in [0.5, 0.6) is 0 Å². The van der Waals surface area contributed by atoms with Crippen molar-refractivity contribution in [3.63, 3.8) is 0 Å². The molecule has 1 aliphatic heterocycles. The van der Waals surface area contributed by atoms with Gasteiger partial charge in [0.2, 0.25) is 0 Å². The molecule has 0 unspecified atom stereocenters. The molecule has 0 amide bonds. The minimum atomic E-state index is -4.38. The van der Waals surface area contributed by atoms with Crippen LogP contribution in [0.2, 0.25) is 0 Å². The lowest BCUT2D eigenvalue weighted by Crippen LogP contribution is -2.37. The van der Waals surface area contributed by atoms with E-state index in [-0.39, 0.29) is 0 Å². The van der Waals surface area contributed by atoms with Crippen molar-refractivity contribution in [3.05, 3.63) is 17.5 Å². The molecule has 0 radical (unpaired) electrons. The van der Waals surface area contributed by atoms with Gasteiger partial charge < -0.3 is 10.1 Å². The van der Waals surface area contributed by atoms with Crippen LogP contribution in [0.1, 0.15) is 17.8 Å². The lowest BCUT2D eigenvalue weighted by molar-refractivity contribution is -0.141. The molecule has 1 saturated heterocycles. The standard InChI is InChI=1S/C13H21F3N4O/c1-19-11(9-12(18-19)13(14,15)16)10-17-3-2-4-20-5-7-21-8-6-20/h9,17H,2-8,10H2,1H3. The summed E-state index contributed by atoms with van der Waals surface area (Å²) in [5.41, 5.74) is -0.302. The molecule has 21 heavy (non-hydrogen) atoms. The second-order valence-electron chi connectivity index (χ2n) is 5.13. The van der Waals surface area contributed by atoms with E-state index in [0.29, 0.717) is 12.2 Å². The molecule has 0 aliphatic carbocycles. The second kappa shape index (κ2) is 7.24. The first-order valence-electron chi connectivity index (χ1n) is 7.08. The smallest absolute Gasteiger partial charge is 0.379 e. The molecule has 8 heteroatoms. The number of rotatable bonds is 6. The largest absolute Gasteiger partial charge is 0.435 e. The zero-order valence-electron chi connectivity index (χ0n) is 12.1. The number of hydrogen-bond donors (Lipinski definition) is 1. The van der Waals surface area contributed by atoms with Gasteiger partial charge in [-0.2, -0.15) is 18.3 Å². The summed E-state index contributed by atoms with van der Waals surface area (Å²) in [6.07, 6.45) is -3.42. The Balaban J connectivity index is 1.67. The second-order valence-corrected chi connectivity index (χ2v) is 5.13. The number of morpholine rings is 1. The van der Waals surface area contributed by atoms with Crippen molar-refractivity contribution in [1.29, 1.82) is 0 Å². The number of aryl methyl sites for hydroxylation is 1. The van der Waals surface area contributed by atoms with Crippen LogP contribution in [0, 0.1) is 0 Å². The van der Waals surface area contributed by atoms with Gasteiger partial charge in [0, 0.05) is 26.7 Å². The topological polar surface area (TPSA) is 42.3 Å². The normalized spacial score (nSPS) is 17.3. The summed E-state index contributed by atoms with van der Waals surface area (Å²) in [4.78, 5) is 2.33. The molecule has 5 nitrogen and oxygen atoms in total. The molecule has 0 spiro atoms. The zero-order chi connectivity index (χ0) is 15.3. The number of hydrogen-bond acceptors (Lipinski definition) is 4. The highest BCUT2D eigenvalue weighted by molar-refractivity contribution is 5.12. The summed E-state index contributed by atoms with van der Waals surface area (Å²) in [6, 6.07) is 1.09. The molecule has 0 saturated carbocycles. The van der Waals surface area contributed by atoms with Crippen molar-refractivity contribution in [3.8, 4) is 0 Å². The van der Waals surface area contributed by atoms with E-state index in [9.17, 15) is 13.2 Å². The summed E-state index contributed by atoms with van der Waals surface area (Å²) in [6.45, 7) is 5.61. The highest BCUT2D eigenvalue weighted by atomic mass is 19.4. The first-order valence-corrected chi connectivity index (χ1v) is 7.08. The summed E-state index contributed by atoms with van der Waals surface area (Å²) in [5.74, 6) is 0. The van der Waals surface area contributed by atoms with Crippen LogP contribution in [-0.2, 0) is 24.5 Å². The van der Waals surface area contributed by atoms with Gasteiger partial charge in [-0.05, 0) is 25.6 Å². The molecule has 0 atom stereocenters. The fourth-order valence-corrected chi connectivity index (χ4v) is 2.28. The Hall–Kier alpha value is -1.12. The average molecular weight is 306 g/mol. The van der Waals surface area contributed by atoms with E-state index in [1.54, 1.807) is 0 Å². The number of nitrogens with one attached hydrogen (secondary N) is 1. The summed E-state index contributed by atoms with van der Waals surface area (Å²) >= 11 is 0. The Morgan fingerprint density at radius 1 is 1.33 bits per heavy atom. The molecule has 1 aromatic heterocycles. The molecule has 1 N–H and O–H groups in total. The number of ether oxygens (including phenoxy) is 1. The van der Waals surface area contributed by atoms with Gasteiger partial charge >= 0.3 is 6.18 Å². The van der Waals surface area contributed by atoms with Crippen molar-refractivity contribution in [2.24, 2.45) is 7.05 Å². The Morgan fingerprint density at radius 3 is 2.67 bits per heavy atom. The van der Waals surface area contributed by atoms with Crippen LogP contribution in [-0.4, -0.2) is 54.1 Å². The Kier molecular flexibility index (Phi) is 5.60. The molecular formula is C13H21F3N4O. The molecule has 1 aliphatic rings. The van der Waals surface area contributed by atoms with E-state index in [1.165, 1.54) is 11.7 Å². The van der Waals surface area contributed by atoms with Gasteiger partial charge in [-0.1, -0.05) is 0 Å². The number of aromatic nitrogens is 2. The maximum absolute atomic E-state index is 12.5. The van der Waals surface area contributed by atoms with Crippen molar-refractivity contribution in [2.75, 3.05) is 39.4 Å². The van der Waals surface area contributed by atoms with Crippen LogP contribution in [0.4, 0.5) is 13.2 Å². The Bertz CT molecular complexity index is 441. The highest BCUT2D eigenvalue weighted by Gasteiger charge is 2.34. The van der Waals surface area contributed by atoms with Gasteiger partial charge in [0.15, 0.2) is 5.69 Å². The molecule has 2 rings (SSSR count). The van der Waals surface area contributed by atoms with E-state index < -0.39 is 11.9 Å². The summed E-state index contributed by atoms with van der Waals surface area (Å²) in [7, 11) is 1.53. The molecule has 1 aromatic rings. The Labute approximate surface area is 122 Å². The minimum Gasteiger partial charge on any atom is -0.379 e. The van der Waals surface area contributed by atoms with Crippen LogP contribution in [0.15, 0.2) is 6.07 Å². The van der Waals surface area contributed by atoms with E-state index in [0.717, 1.165) is 51.9 Å². The van der Waals surface area contributed by atoms with Gasteiger partial charge in [0.25, 0.3) is 0 Å². The fourth-order valence-electron chi connectivity index (χ4n) is 2.28. The minimum absolute atomic E-state index is 0.392. The van der Waals surface area contributed by atoms with Gasteiger partial charge in [-0.15, -0.1) is 0 Å². The maximum atomic E-state index is 12.5. The number of alkyl halides is 3. The predicted octanol–water partition coefficient (Wildman–Crippen LogP) is 1.25. The first-order chi connectivity index (χ1) is 9.97. The highest BCUT2D eigenvalue weighted by Crippen LogP contribution is 2.28. The lowest BCUT2D eigenvalue weighted by atomic mass is 10.3. The van der Waals surface area contributed by atoms with Crippen LogP contribution in [0.3, 0.4) is 0 Å². The third kappa shape index (κ3) is 4.98. The van der Waals surface area contributed by atoms with E-state index in [4.69, 9.17) is 4.74 Å². The molecule has 1 fully saturated rings. The predicted molar refractivity (Wildman–Crippen MR) is 71.8 cm³/mol. The van der Waals surface area contributed by atoms with E-state index in [1.807, 2.05) is 0 Å². The quantitative estimate of drug-likeness (QED) is 0.803. The van der Waals surface area contributed by atoms with Crippen LogP contribution >= 0.6 is 0 Å². The van der Waals surface area contributed by atoms with E-state index >= 15 is 0 Å². The third-order valence-electron chi connectivity index (χ3n) is 3.50. The monoisotopic (exact) mass is 306 g/mol. The summed E-state index contributed by atoms with van der Waals surface area (Å²) in [5, 5.41) is 6.64. The van der Waals surface area contributed by atoms with Crippen molar-refractivity contribution in [1.82, 2.24) is 20.0 Å². The Morgan fingerprint density at radius 2 is 2.05 bits per heavy atom. The fraction of sp³-hybridized carbons (Fsp3) is 0.769. The van der Waals surface area contributed by atoms with Crippen molar-refractivity contribution in [2.45, 2.75) is 19.1 Å². The van der Waals surface area contributed by atoms with Crippen LogP contribution in [0.25, 0.3) is 0 Å². The molecular weight excluding hydrogens is 285 g/mol. The van der Waals surface area contributed by atoms with Gasteiger partial charge in [-0.25, -0.2) is 0 Å². The molecule has 2 heterocycles. The zero-order valence-corrected chi connectivity index (χ0v) is 12.1. The molecule has 0 aromatic carbocycles. The number of nitrogens with zero attached hydrogens (tertiary/aromatic N) is 3. The first kappa shape index (κ1) is 16.3. The van der Waals surface area contributed by atoms with Crippen LogP contribution < -0.4 is 5.32 Å². The maximum Gasteiger partial charge on any atom is 0.435 e. The van der Waals surface area contributed by atoms with Gasteiger partial charge in [0.05, 0.1) is 18.9 Å². The third-order valence-corrected chi connectivity index (χ3v) is 3.50. The average Bonchev–Trinajstić information content (AvgIpc) is 2.81. The number of halogens is 3. The van der Waals surface area contributed by atoms with Gasteiger partial charge in [0.1, 0.15) is 0 Å². The lowest BCUT2D eigenvalue weighted by Gasteiger charge is -2.26. The summed E-state index contributed by atoms with van der Waals surface area (Å²) < 4.78 is 44.1. The molecule has 0 bridgehead atoms. The van der Waals surface area contributed by atoms with E-state index in [2.05, 4.69) is 15.3 Å². The SMILES string of the molecule is Cn1nc(C(F)(F)F)cc1CNCCCN1CCOCC1. The molecule has 120 valence electrons. The van der Waals surface area contributed by atoms with Crippen molar-refractivity contribution >= 4 is 0 Å². The van der Waals surface area contributed by atoms with Gasteiger partial charge in [-0.3, -0.25) is 9.58 Å².